The van der Waals surface area contributed by atoms with Crippen molar-refractivity contribution in [2.45, 2.75) is 18.7 Å². The molecule has 32 heavy (non-hydrogen) atoms. The number of nitrogens with one attached hydrogen (secondary N) is 3. The molecule has 3 rings (SSSR count). The first-order valence-electron chi connectivity index (χ1n) is 9.69. The third-order valence-corrected chi connectivity index (χ3v) is 6.52. The lowest BCUT2D eigenvalue weighted by Gasteiger charge is -2.13. The number of aryl methyl sites for hydroxylation is 2. The fraction of sp³-hybridized carbons (Fsp3) is 0.182. The Morgan fingerprint density at radius 1 is 1.00 bits per heavy atom. The Bertz CT molecular complexity index is 1250. The highest BCUT2D eigenvalue weighted by Crippen LogP contribution is 2.23. The van der Waals surface area contributed by atoms with Gasteiger partial charge in [-0.1, -0.05) is 47.5 Å². The minimum atomic E-state index is -3.85. The number of benzene rings is 2. The van der Waals surface area contributed by atoms with Gasteiger partial charge in [-0.25, -0.2) is 13.4 Å². The van der Waals surface area contributed by atoms with Gasteiger partial charge < -0.3 is 10.6 Å². The van der Waals surface area contributed by atoms with E-state index >= 15 is 0 Å². The first kappa shape index (κ1) is 23.8. The van der Waals surface area contributed by atoms with Crippen LogP contribution >= 0.6 is 23.2 Å². The summed E-state index contributed by atoms with van der Waals surface area (Å²) in [6, 6.07) is 13.1. The number of pyridine rings is 1. The van der Waals surface area contributed by atoms with Gasteiger partial charge >= 0.3 is 0 Å². The summed E-state index contributed by atoms with van der Waals surface area (Å²) in [5.41, 5.74) is 2.22. The zero-order valence-electron chi connectivity index (χ0n) is 17.4. The first-order chi connectivity index (χ1) is 15.2. The molecular weight excluding hydrogens is 471 g/mol. The Hall–Kier alpha value is -2.81. The second-order valence-corrected chi connectivity index (χ2v) is 9.59. The SMILES string of the molecule is Cc1ccccc1NS(=O)(=O)c1ccc(C)c(C(=O)NCCNc2ncc(Cl)cc2Cl)c1. The zero-order valence-corrected chi connectivity index (χ0v) is 19.8. The highest BCUT2D eigenvalue weighted by molar-refractivity contribution is 7.92. The van der Waals surface area contributed by atoms with Crippen LogP contribution < -0.4 is 15.4 Å². The van der Waals surface area contributed by atoms with E-state index in [2.05, 4.69) is 20.3 Å². The molecule has 7 nitrogen and oxygen atoms in total. The van der Waals surface area contributed by atoms with Crippen LogP contribution in [0, 0.1) is 13.8 Å². The van der Waals surface area contributed by atoms with Crippen LogP contribution in [0.1, 0.15) is 21.5 Å². The molecule has 0 bridgehead atoms. The molecule has 0 saturated heterocycles. The predicted molar refractivity (Wildman–Crippen MR) is 128 cm³/mol. The van der Waals surface area contributed by atoms with Crippen LogP contribution in [0.4, 0.5) is 11.5 Å². The minimum Gasteiger partial charge on any atom is -0.367 e. The van der Waals surface area contributed by atoms with Gasteiger partial charge in [0, 0.05) is 24.8 Å². The summed E-state index contributed by atoms with van der Waals surface area (Å²) in [5.74, 6) is 0.0734. The van der Waals surface area contributed by atoms with Crippen molar-refractivity contribution in [3.05, 3.63) is 81.5 Å². The molecule has 0 aliphatic carbocycles. The minimum absolute atomic E-state index is 0.00627. The fourth-order valence-corrected chi connectivity index (χ4v) is 4.50. The van der Waals surface area contributed by atoms with E-state index in [4.69, 9.17) is 23.2 Å². The van der Waals surface area contributed by atoms with E-state index in [9.17, 15) is 13.2 Å². The quantitative estimate of drug-likeness (QED) is 0.397. The zero-order chi connectivity index (χ0) is 23.3. The fourth-order valence-electron chi connectivity index (χ4n) is 2.90. The molecular formula is C22H22Cl2N4O3S. The van der Waals surface area contributed by atoms with Crippen molar-refractivity contribution < 1.29 is 13.2 Å². The molecule has 3 N–H and O–H groups in total. The van der Waals surface area contributed by atoms with Crippen LogP contribution in [0.5, 0.6) is 0 Å². The Balaban J connectivity index is 1.66. The van der Waals surface area contributed by atoms with Crippen molar-refractivity contribution >= 4 is 50.6 Å². The normalized spacial score (nSPS) is 11.1. The van der Waals surface area contributed by atoms with Gasteiger partial charge in [0.25, 0.3) is 15.9 Å². The molecule has 1 amide bonds. The first-order valence-corrected chi connectivity index (χ1v) is 11.9. The second kappa shape index (κ2) is 10.2. The molecule has 1 aromatic heterocycles. The maximum atomic E-state index is 12.8. The van der Waals surface area contributed by atoms with E-state index in [0.29, 0.717) is 33.7 Å². The van der Waals surface area contributed by atoms with Crippen LogP contribution in [0.3, 0.4) is 0 Å². The van der Waals surface area contributed by atoms with Crippen LogP contribution in [0.25, 0.3) is 0 Å². The number of hydrogen-bond donors (Lipinski definition) is 3. The Labute approximate surface area is 197 Å². The van der Waals surface area contributed by atoms with E-state index in [-0.39, 0.29) is 22.9 Å². The largest absolute Gasteiger partial charge is 0.367 e. The summed E-state index contributed by atoms with van der Waals surface area (Å²) < 4.78 is 28.2. The number of anilines is 2. The summed E-state index contributed by atoms with van der Waals surface area (Å²) in [4.78, 5) is 16.8. The van der Waals surface area contributed by atoms with Gasteiger partial charge in [0.05, 0.1) is 20.6 Å². The number of aromatic nitrogens is 1. The number of rotatable bonds is 8. The number of para-hydroxylation sites is 1. The van der Waals surface area contributed by atoms with Crippen molar-refractivity contribution in [2.24, 2.45) is 0 Å². The number of halogens is 2. The van der Waals surface area contributed by atoms with Crippen LogP contribution in [-0.2, 0) is 10.0 Å². The number of nitrogens with zero attached hydrogens (tertiary/aromatic N) is 1. The van der Waals surface area contributed by atoms with Gasteiger partial charge in [0.2, 0.25) is 0 Å². The van der Waals surface area contributed by atoms with Crippen molar-refractivity contribution in [1.82, 2.24) is 10.3 Å². The Morgan fingerprint density at radius 2 is 1.75 bits per heavy atom. The summed E-state index contributed by atoms with van der Waals surface area (Å²) in [7, 11) is -3.85. The van der Waals surface area contributed by atoms with E-state index in [1.807, 2.05) is 19.1 Å². The van der Waals surface area contributed by atoms with Crippen LogP contribution in [-0.4, -0.2) is 32.4 Å². The lowest BCUT2D eigenvalue weighted by atomic mass is 10.1. The molecule has 0 atom stereocenters. The average molecular weight is 493 g/mol. The second-order valence-electron chi connectivity index (χ2n) is 7.06. The van der Waals surface area contributed by atoms with Crippen LogP contribution in [0.15, 0.2) is 59.6 Å². The molecule has 0 aliphatic rings. The molecule has 3 aromatic rings. The van der Waals surface area contributed by atoms with E-state index in [1.54, 1.807) is 31.2 Å². The van der Waals surface area contributed by atoms with Gasteiger partial charge in [-0.2, -0.15) is 0 Å². The van der Waals surface area contributed by atoms with E-state index < -0.39 is 10.0 Å². The number of hydrogen-bond acceptors (Lipinski definition) is 5. The predicted octanol–water partition coefficient (Wildman–Crippen LogP) is 4.65. The summed E-state index contributed by atoms with van der Waals surface area (Å²) >= 11 is 11.9. The maximum Gasteiger partial charge on any atom is 0.261 e. The number of carbonyl (C=O) groups is 1. The van der Waals surface area contributed by atoms with Gasteiger partial charge in [-0.15, -0.1) is 0 Å². The van der Waals surface area contributed by atoms with Gasteiger partial charge in [0.15, 0.2) is 0 Å². The Kier molecular flexibility index (Phi) is 7.60. The molecule has 2 aromatic carbocycles. The van der Waals surface area contributed by atoms with E-state index in [0.717, 1.165) is 5.56 Å². The third kappa shape index (κ3) is 5.91. The van der Waals surface area contributed by atoms with Crippen molar-refractivity contribution in [2.75, 3.05) is 23.1 Å². The molecule has 0 fully saturated rings. The van der Waals surface area contributed by atoms with Crippen LogP contribution in [0.2, 0.25) is 10.0 Å². The highest BCUT2D eigenvalue weighted by Gasteiger charge is 2.19. The molecule has 0 spiro atoms. The average Bonchev–Trinajstić information content (AvgIpc) is 2.74. The summed E-state index contributed by atoms with van der Waals surface area (Å²) in [6.07, 6.45) is 1.47. The van der Waals surface area contributed by atoms with E-state index in [1.165, 1.54) is 18.3 Å². The van der Waals surface area contributed by atoms with Crippen molar-refractivity contribution in [3.8, 4) is 0 Å². The molecule has 168 valence electrons. The van der Waals surface area contributed by atoms with Gasteiger partial charge in [-0.05, 0) is 49.2 Å². The topological polar surface area (TPSA) is 100 Å². The lowest BCUT2D eigenvalue weighted by molar-refractivity contribution is 0.0954. The molecule has 0 aliphatic heterocycles. The number of amides is 1. The molecule has 10 heteroatoms. The molecule has 0 saturated carbocycles. The molecule has 0 radical (unpaired) electrons. The third-order valence-electron chi connectivity index (χ3n) is 4.66. The smallest absolute Gasteiger partial charge is 0.261 e. The molecule has 0 unspecified atom stereocenters. The number of sulfonamides is 1. The van der Waals surface area contributed by atoms with Gasteiger partial charge in [0.1, 0.15) is 5.82 Å². The van der Waals surface area contributed by atoms with Crippen molar-refractivity contribution in [1.29, 1.82) is 0 Å². The Morgan fingerprint density at radius 3 is 2.47 bits per heavy atom. The lowest BCUT2D eigenvalue weighted by Crippen LogP contribution is -2.29. The summed E-state index contributed by atoms with van der Waals surface area (Å²) in [5, 5.41) is 6.57. The highest BCUT2D eigenvalue weighted by atomic mass is 35.5. The van der Waals surface area contributed by atoms with Gasteiger partial charge in [-0.3, -0.25) is 9.52 Å². The maximum absolute atomic E-state index is 12.8. The summed E-state index contributed by atoms with van der Waals surface area (Å²) in [6.45, 7) is 4.20. The van der Waals surface area contributed by atoms with Crippen molar-refractivity contribution in [3.63, 3.8) is 0 Å². The monoisotopic (exact) mass is 492 g/mol. The molecule has 1 heterocycles. The standard InChI is InChI=1S/C22H22Cl2N4O3S/c1-14-7-8-17(32(30,31)28-20-6-4-3-5-15(20)2)12-18(14)22(29)26-10-9-25-21-19(24)11-16(23)13-27-21/h3-8,11-13,28H,9-10H2,1-2H3,(H,25,27)(H,26,29). The number of carbonyl (C=O) groups excluding carboxylic acids is 1.